The first kappa shape index (κ1) is 22.7. The standard InChI is InChI=1S/C26H30FN3O4/c1-32-22-10-9-21(31)23-24(22)28-25(29-26(23)33-16-13-27)17-5-7-19(8-6-17)34-20-11-14-30(15-12-20)18-3-2-4-18/h5-10,18,20,31H,2-4,11-16H2,1H3. The fourth-order valence-electron chi connectivity index (χ4n) is 4.69. The minimum absolute atomic E-state index is 0.0525. The molecular formula is C26H30FN3O4. The van der Waals surface area contributed by atoms with Crippen molar-refractivity contribution in [1.82, 2.24) is 14.9 Å². The summed E-state index contributed by atoms with van der Waals surface area (Å²) in [5.74, 6) is 1.74. The molecule has 0 unspecified atom stereocenters. The van der Waals surface area contributed by atoms with Gasteiger partial charge in [0.05, 0.1) is 7.11 Å². The van der Waals surface area contributed by atoms with Crippen molar-refractivity contribution in [1.29, 1.82) is 0 Å². The van der Waals surface area contributed by atoms with Crippen LogP contribution in [0.1, 0.15) is 32.1 Å². The molecule has 3 aromatic rings. The molecule has 0 bridgehead atoms. The molecule has 34 heavy (non-hydrogen) atoms. The summed E-state index contributed by atoms with van der Waals surface area (Å²) in [4.78, 5) is 11.7. The number of phenols is 1. The van der Waals surface area contributed by atoms with Gasteiger partial charge in [-0.05, 0) is 62.1 Å². The smallest absolute Gasteiger partial charge is 0.229 e. The van der Waals surface area contributed by atoms with Crippen molar-refractivity contribution in [3.63, 3.8) is 0 Å². The molecule has 180 valence electrons. The Hall–Kier alpha value is -3.13. The van der Waals surface area contributed by atoms with Gasteiger partial charge >= 0.3 is 0 Å². The lowest BCUT2D eigenvalue weighted by molar-refractivity contribution is 0.0493. The molecule has 0 atom stereocenters. The molecule has 2 fully saturated rings. The van der Waals surface area contributed by atoms with Crippen LogP contribution in [0.5, 0.6) is 23.1 Å². The quantitative estimate of drug-likeness (QED) is 0.512. The second-order valence-corrected chi connectivity index (χ2v) is 8.86. The first-order valence-electron chi connectivity index (χ1n) is 11.9. The predicted octanol–water partition coefficient (Wildman–Crippen LogP) is 4.76. The lowest BCUT2D eigenvalue weighted by Gasteiger charge is -2.41. The number of hydrogen-bond donors (Lipinski definition) is 1. The number of benzene rings is 2. The van der Waals surface area contributed by atoms with Crippen LogP contribution in [0.15, 0.2) is 36.4 Å². The van der Waals surface area contributed by atoms with Gasteiger partial charge in [-0.15, -0.1) is 0 Å². The normalized spacial score (nSPS) is 17.5. The minimum atomic E-state index is -0.669. The van der Waals surface area contributed by atoms with E-state index in [-0.39, 0.29) is 24.3 Å². The third kappa shape index (κ3) is 4.59. The van der Waals surface area contributed by atoms with E-state index in [9.17, 15) is 9.50 Å². The van der Waals surface area contributed by atoms with Crippen molar-refractivity contribution in [2.75, 3.05) is 33.5 Å². The summed E-state index contributed by atoms with van der Waals surface area (Å²) in [5, 5.41) is 10.7. The number of hydrogen-bond acceptors (Lipinski definition) is 7. The Morgan fingerprint density at radius 1 is 1.03 bits per heavy atom. The lowest BCUT2D eigenvalue weighted by atomic mass is 9.90. The van der Waals surface area contributed by atoms with Crippen molar-refractivity contribution < 1.29 is 23.7 Å². The van der Waals surface area contributed by atoms with Crippen molar-refractivity contribution in [3.05, 3.63) is 36.4 Å². The molecule has 1 saturated carbocycles. The Labute approximate surface area is 198 Å². The lowest BCUT2D eigenvalue weighted by Crippen LogP contribution is -2.46. The van der Waals surface area contributed by atoms with Crippen molar-refractivity contribution in [2.45, 2.75) is 44.2 Å². The Morgan fingerprint density at radius 2 is 1.79 bits per heavy atom. The number of ether oxygens (including phenoxy) is 3. The molecule has 2 aromatic carbocycles. The fourth-order valence-corrected chi connectivity index (χ4v) is 4.69. The molecule has 0 radical (unpaired) electrons. The highest BCUT2D eigenvalue weighted by Gasteiger charge is 2.29. The maximum absolute atomic E-state index is 12.8. The van der Waals surface area contributed by atoms with Gasteiger partial charge in [0.15, 0.2) is 5.82 Å². The summed E-state index contributed by atoms with van der Waals surface area (Å²) in [6.45, 7) is 1.37. The van der Waals surface area contributed by atoms with Crippen LogP contribution in [0.4, 0.5) is 4.39 Å². The second kappa shape index (κ2) is 10.0. The van der Waals surface area contributed by atoms with E-state index in [2.05, 4.69) is 14.9 Å². The second-order valence-electron chi connectivity index (χ2n) is 8.86. The number of aromatic hydroxyl groups is 1. The highest BCUT2D eigenvalue weighted by Crippen LogP contribution is 2.38. The SMILES string of the molecule is COc1ccc(O)c2c(OCCF)nc(-c3ccc(OC4CCN(C5CCC5)CC4)cc3)nc12. The van der Waals surface area contributed by atoms with Gasteiger partial charge in [0.1, 0.15) is 47.5 Å². The molecule has 1 aliphatic carbocycles. The zero-order chi connectivity index (χ0) is 23.5. The van der Waals surface area contributed by atoms with E-state index in [1.165, 1.54) is 32.4 Å². The van der Waals surface area contributed by atoms with E-state index in [0.717, 1.165) is 43.3 Å². The molecule has 1 saturated heterocycles. The van der Waals surface area contributed by atoms with Gasteiger partial charge in [0.25, 0.3) is 0 Å². The maximum atomic E-state index is 12.8. The van der Waals surface area contributed by atoms with Gasteiger partial charge in [0.2, 0.25) is 5.88 Å². The summed E-state index contributed by atoms with van der Waals surface area (Å²) >= 11 is 0. The number of alkyl halides is 1. The Kier molecular flexibility index (Phi) is 6.67. The molecular weight excluding hydrogens is 437 g/mol. The number of rotatable bonds is 8. The molecule has 2 aliphatic rings. The van der Waals surface area contributed by atoms with Crippen LogP contribution in [0.25, 0.3) is 22.3 Å². The summed E-state index contributed by atoms with van der Waals surface area (Å²) < 4.78 is 30.0. The number of nitrogens with zero attached hydrogens (tertiary/aromatic N) is 3. The van der Waals surface area contributed by atoms with Crippen molar-refractivity contribution in [3.8, 4) is 34.5 Å². The fraction of sp³-hybridized carbons (Fsp3) is 0.462. The minimum Gasteiger partial charge on any atom is -0.507 e. The molecule has 0 amide bonds. The number of likely N-dealkylation sites (tertiary alicyclic amines) is 1. The first-order valence-corrected chi connectivity index (χ1v) is 11.9. The van der Waals surface area contributed by atoms with Gasteiger partial charge in [-0.3, -0.25) is 0 Å². The first-order chi connectivity index (χ1) is 16.7. The van der Waals surface area contributed by atoms with Crippen LogP contribution in [0, 0.1) is 0 Å². The van der Waals surface area contributed by atoms with Gasteiger partial charge in [-0.25, -0.2) is 9.37 Å². The number of piperidine rings is 1. The van der Waals surface area contributed by atoms with E-state index >= 15 is 0 Å². The highest BCUT2D eigenvalue weighted by atomic mass is 19.1. The van der Waals surface area contributed by atoms with Gasteiger partial charge < -0.3 is 24.2 Å². The number of aromatic nitrogens is 2. The molecule has 0 spiro atoms. The molecule has 1 N–H and O–H groups in total. The molecule has 2 heterocycles. The number of fused-ring (bicyclic) bond motifs is 1. The van der Waals surface area contributed by atoms with Crippen LogP contribution >= 0.6 is 0 Å². The van der Waals surface area contributed by atoms with Crippen LogP contribution in [-0.4, -0.2) is 65.6 Å². The molecule has 7 nitrogen and oxygen atoms in total. The zero-order valence-corrected chi connectivity index (χ0v) is 19.4. The topological polar surface area (TPSA) is 76.9 Å². The highest BCUT2D eigenvalue weighted by molar-refractivity contribution is 5.94. The van der Waals surface area contributed by atoms with Crippen LogP contribution in [-0.2, 0) is 0 Å². The van der Waals surface area contributed by atoms with Gasteiger partial charge in [0, 0.05) is 24.7 Å². The van der Waals surface area contributed by atoms with Crippen molar-refractivity contribution in [2.24, 2.45) is 0 Å². The van der Waals surface area contributed by atoms with Gasteiger partial charge in [-0.2, -0.15) is 4.98 Å². The van der Waals surface area contributed by atoms with E-state index in [1.807, 2.05) is 24.3 Å². The number of halogens is 1. The van der Waals surface area contributed by atoms with Crippen LogP contribution in [0.2, 0.25) is 0 Å². The average Bonchev–Trinajstić information content (AvgIpc) is 2.83. The van der Waals surface area contributed by atoms with E-state index in [0.29, 0.717) is 22.5 Å². The summed E-state index contributed by atoms with van der Waals surface area (Å²) in [5.41, 5.74) is 1.16. The van der Waals surface area contributed by atoms with Crippen molar-refractivity contribution >= 4 is 10.9 Å². The Balaban J connectivity index is 1.35. The van der Waals surface area contributed by atoms with E-state index < -0.39 is 6.67 Å². The summed E-state index contributed by atoms with van der Waals surface area (Å²) in [6.07, 6.45) is 6.37. The predicted molar refractivity (Wildman–Crippen MR) is 128 cm³/mol. The zero-order valence-electron chi connectivity index (χ0n) is 19.4. The van der Waals surface area contributed by atoms with Crippen LogP contribution < -0.4 is 14.2 Å². The molecule has 8 heteroatoms. The Morgan fingerprint density at radius 3 is 2.44 bits per heavy atom. The molecule has 1 aromatic heterocycles. The third-order valence-electron chi connectivity index (χ3n) is 6.78. The largest absolute Gasteiger partial charge is 0.507 e. The maximum Gasteiger partial charge on any atom is 0.229 e. The van der Waals surface area contributed by atoms with Crippen LogP contribution in [0.3, 0.4) is 0 Å². The Bertz CT molecular complexity index is 1130. The molecule has 1 aliphatic heterocycles. The summed E-state index contributed by atoms with van der Waals surface area (Å²) in [6, 6.07) is 11.5. The monoisotopic (exact) mass is 467 g/mol. The van der Waals surface area contributed by atoms with Gasteiger partial charge in [-0.1, -0.05) is 6.42 Å². The number of phenolic OH excluding ortho intramolecular Hbond substituents is 1. The van der Waals surface area contributed by atoms with E-state index in [1.54, 1.807) is 6.07 Å². The third-order valence-corrected chi connectivity index (χ3v) is 6.78. The molecule has 5 rings (SSSR count). The summed E-state index contributed by atoms with van der Waals surface area (Å²) in [7, 11) is 1.53. The number of methoxy groups -OCH3 is 1. The average molecular weight is 468 g/mol. The van der Waals surface area contributed by atoms with E-state index in [4.69, 9.17) is 14.2 Å².